The van der Waals surface area contributed by atoms with Crippen LogP contribution in [-0.2, 0) is 0 Å². The summed E-state index contributed by atoms with van der Waals surface area (Å²) in [7, 11) is 0. The van der Waals surface area contributed by atoms with E-state index in [-0.39, 0.29) is 11.9 Å². The van der Waals surface area contributed by atoms with Crippen molar-refractivity contribution in [3.05, 3.63) is 24.3 Å². The zero-order valence-electron chi connectivity index (χ0n) is 12.7. The van der Waals surface area contributed by atoms with Crippen LogP contribution in [0.1, 0.15) is 19.3 Å². The Balaban J connectivity index is 1.80. The maximum Gasteiger partial charge on any atom is 0.223 e. The van der Waals surface area contributed by atoms with E-state index in [1.54, 1.807) is 0 Å². The number of nitrogens with two attached hydrogens (primary N) is 3. The van der Waals surface area contributed by atoms with Crippen molar-refractivity contribution in [2.45, 2.75) is 19.3 Å². The van der Waals surface area contributed by atoms with Gasteiger partial charge in [-0.25, -0.2) is 4.99 Å². The van der Waals surface area contributed by atoms with E-state index in [1.165, 1.54) is 32.4 Å². The Bertz CT molecular complexity index is 515. The normalized spacial score (nSPS) is 16.3. The second-order valence-electron chi connectivity index (χ2n) is 5.25. The molecular weight excluding hydrogens is 280 g/mol. The third-order valence-corrected chi connectivity index (χ3v) is 3.45. The fraction of sp³-hybridized carbons (Fsp3) is 0.467. The molecule has 0 unspecified atom stereocenters. The lowest BCUT2D eigenvalue weighted by molar-refractivity contribution is 0.183. The summed E-state index contributed by atoms with van der Waals surface area (Å²) in [5, 5.41) is 0. The van der Waals surface area contributed by atoms with Gasteiger partial charge in [0.25, 0.3) is 0 Å². The molecule has 0 aromatic heterocycles. The maximum atomic E-state index is 5.74. The largest absolute Gasteiger partial charge is 0.492 e. The van der Waals surface area contributed by atoms with Crippen molar-refractivity contribution in [3.63, 3.8) is 0 Å². The van der Waals surface area contributed by atoms with Crippen LogP contribution in [0, 0.1) is 0 Å². The standard InChI is InChI=1S/C15H24N6O/c16-14(17)20-15(18)19-12-4-6-13(7-5-12)22-11-10-21-8-2-1-3-9-21/h4-7H,1-3,8-11H2,(H6,16,17,18,19,20). The molecule has 2 rings (SSSR count). The molecule has 1 aromatic carbocycles. The lowest BCUT2D eigenvalue weighted by Gasteiger charge is -2.26. The molecule has 0 bridgehead atoms. The van der Waals surface area contributed by atoms with Gasteiger partial charge < -0.3 is 21.9 Å². The molecule has 1 saturated heterocycles. The van der Waals surface area contributed by atoms with Gasteiger partial charge in [-0.3, -0.25) is 4.90 Å². The van der Waals surface area contributed by atoms with Gasteiger partial charge in [0.05, 0.1) is 5.69 Å². The quantitative estimate of drug-likeness (QED) is 0.549. The average Bonchev–Trinajstić information content (AvgIpc) is 2.49. The molecule has 0 spiro atoms. The zero-order valence-corrected chi connectivity index (χ0v) is 12.7. The predicted molar refractivity (Wildman–Crippen MR) is 89.3 cm³/mol. The van der Waals surface area contributed by atoms with E-state index in [4.69, 9.17) is 21.9 Å². The van der Waals surface area contributed by atoms with Crippen LogP contribution < -0.4 is 21.9 Å². The van der Waals surface area contributed by atoms with E-state index in [0.717, 1.165) is 12.3 Å². The van der Waals surface area contributed by atoms with Crippen molar-refractivity contribution in [2.24, 2.45) is 27.2 Å². The molecular formula is C15H24N6O. The highest BCUT2D eigenvalue weighted by Gasteiger charge is 2.09. The number of likely N-dealkylation sites (tertiary alicyclic amines) is 1. The zero-order chi connectivity index (χ0) is 15.8. The average molecular weight is 304 g/mol. The number of rotatable bonds is 5. The first kappa shape index (κ1) is 16.1. The lowest BCUT2D eigenvalue weighted by Crippen LogP contribution is -2.33. The monoisotopic (exact) mass is 304 g/mol. The smallest absolute Gasteiger partial charge is 0.223 e. The van der Waals surface area contributed by atoms with Crippen molar-refractivity contribution in [3.8, 4) is 5.75 Å². The second kappa shape index (κ2) is 8.23. The van der Waals surface area contributed by atoms with Crippen molar-refractivity contribution < 1.29 is 4.74 Å². The number of guanidine groups is 2. The first-order valence-electron chi connectivity index (χ1n) is 7.52. The van der Waals surface area contributed by atoms with Gasteiger partial charge in [-0.2, -0.15) is 4.99 Å². The van der Waals surface area contributed by atoms with Crippen LogP contribution in [0.3, 0.4) is 0 Å². The van der Waals surface area contributed by atoms with E-state index >= 15 is 0 Å². The molecule has 1 aromatic rings. The summed E-state index contributed by atoms with van der Waals surface area (Å²) in [6.45, 7) is 4.03. The Morgan fingerprint density at radius 1 is 1.05 bits per heavy atom. The van der Waals surface area contributed by atoms with Crippen molar-refractivity contribution in [1.29, 1.82) is 0 Å². The summed E-state index contributed by atoms with van der Waals surface area (Å²) in [6.07, 6.45) is 3.94. The summed E-state index contributed by atoms with van der Waals surface area (Å²) < 4.78 is 5.74. The summed E-state index contributed by atoms with van der Waals surface area (Å²) in [6, 6.07) is 7.34. The highest BCUT2D eigenvalue weighted by atomic mass is 16.5. The van der Waals surface area contributed by atoms with Gasteiger partial charge in [-0.05, 0) is 50.2 Å². The highest BCUT2D eigenvalue weighted by Crippen LogP contribution is 2.18. The fourth-order valence-electron chi connectivity index (χ4n) is 2.38. The summed E-state index contributed by atoms with van der Waals surface area (Å²) >= 11 is 0. The molecule has 7 heteroatoms. The number of aliphatic imine (C=N–C) groups is 2. The summed E-state index contributed by atoms with van der Waals surface area (Å²) in [4.78, 5) is 10.2. The molecule has 7 nitrogen and oxygen atoms in total. The number of nitrogens with zero attached hydrogens (tertiary/aromatic N) is 3. The molecule has 22 heavy (non-hydrogen) atoms. The maximum absolute atomic E-state index is 5.74. The lowest BCUT2D eigenvalue weighted by atomic mass is 10.1. The van der Waals surface area contributed by atoms with E-state index in [1.807, 2.05) is 24.3 Å². The van der Waals surface area contributed by atoms with Gasteiger partial charge in [-0.15, -0.1) is 0 Å². The van der Waals surface area contributed by atoms with E-state index in [2.05, 4.69) is 14.9 Å². The molecule has 6 N–H and O–H groups in total. The summed E-state index contributed by atoms with van der Waals surface area (Å²) in [5.74, 6) is 0.731. The number of hydrogen-bond donors (Lipinski definition) is 3. The molecule has 0 saturated carbocycles. The first-order chi connectivity index (χ1) is 10.6. The highest BCUT2D eigenvalue weighted by molar-refractivity contribution is 5.93. The van der Waals surface area contributed by atoms with Crippen molar-refractivity contribution in [2.75, 3.05) is 26.2 Å². The molecule has 0 radical (unpaired) electrons. The Morgan fingerprint density at radius 3 is 2.36 bits per heavy atom. The molecule has 0 amide bonds. The van der Waals surface area contributed by atoms with Gasteiger partial charge in [0.2, 0.25) is 5.96 Å². The van der Waals surface area contributed by atoms with Gasteiger partial charge >= 0.3 is 0 Å². The van der Waals surface area contributed by atoms with Crippen LogP contribution in [-0.4, -0.2) is 43.1 Å². The Labute approximate surface area is 130 Å². The Kier molecular flexibility index (Phi) is 6.02. The van der Waals surface area contributed by atoms with Gasteiger partial charge in [0.15, 0.2) is 5.96 Å². The molecule has 0 atom stereocenters. The molecule has 1 aliphatic heterocycles. The fourth-order valence-corrected chi connectivity index (χ4v) is 2.38. The Morgan fingerprint density at radius 2 is 1.73 bits per heavy atom. The van der Waals surface area contributed by atoms with Crippen LogP contribution in [0.5, 0.6) is 5.75 Å². The van der Waals surface area contributed by atoms with Gasteiger partial charge in [0.1, 0.15) is 12.4 Å². The summed E-state index contributed by atoms with van der Waals surface area (Å²) in [5.41, 5.74) is 16.7. The predicted octanol–water partition coefficient (Wildman–Crippen LogP) is 0.771. The van der Waals surface area contributed by atoms with Crippen molar-refractivity contribution >= 4 is 17.6 Å². The number of ether oxygens (including phenoxy) is 1. The number of piperidine rings is 1. The van der Waals surface area contributed by atoms with Crippen LogP contribution in [0.25, 0.3) is 0 Å². The number of hydrogen-bond acceptors (Lipinski definition) is 3. The molecule has 120 valence electrons. The van der Waals surface area contributed by atoms with E-state index in [0.29, 0.717) is 12.3 Å². The minimum atomic E-state index is -0.112. The van der Waals surface area contributed by atoms with E-state index in [9.17, 15) is 0 Å². The Hall–Kier alpha value is -2.28. The third-order valence-electron chi connectivity index (χ3n) is 3.45. The van der Waals surface area contributed by atoms with Gasteiger partial charge in [0, 0.05) is 6.54 Å². The SMILES string of the molecule is NC(N)=NC(N)=Nc1ccc(OCCN2CCCCC2)cc1. The molecule has 1 heterocycles. The molecule has 1 aliphatic rings. The van der Waals surface area contributed by atoms with Crippen LogP contribution in [0.4, 0.5) is 5.69 Å². The first-order valence-corrected chi connectivity index (χ1v) is 7.52. The third kappa shape index (κ3) is 5.61. The topological polar surface area (TPSA) is 115 Å². The van der Waals surface area contributed by atoms with Crippen LogP contribution in [0.2, 0.25) is 0 Å². The molecule has 1 fully saturated rings. The minimum absolute atomic E-state index is 0.0266. The molecule has 0 aliphatic carbocycles. The van der Waals surface area contributed by atoms with Crippen LogP contribution in [0.15, 0.2) is 34.3 Å². The van der Waals surface area contributed by atoms with Crippen LogP contribution >= 0.6 is 0 Å². The van der Waals surface area contributed by atoms with Gasteiger partial charge in [-0.1, -0.05) is 6.42 Å². The van der Waals surface area contributed by atoms with Crippen molar-refractivity contribution in [1.82, 2.24) is 4.90 Å². The second-order valence-corrected chi connectivity index (χ2v) is 5.25. The van der Waals surface area contributed by atoms with E-state index < -0.39 is 0 Å². The minimum Gasteiger partial charge on any atom is -0.492 e. The number of benzene rings is 1.